The van der Waals surface area contributed by atoms with Crippen molar-refractivity contribution >= 4 is 32.6 Å². The molecule has 0 fully saturated rings. The second kappa shape index (κ2) is 6.89. The minimum Gasteiger partial charge on any atom is -0.493 e. The number of hydrazine groups is 1. The third kappa shape index (κ3) is 3.45. The molecule has 0 radical (unpaired) electrons. The smallest absolute Gasteiger partial charge is 0.269 e. The highest BCUT2D eigenvalue weighted by molar-refractivity contribution is 7.22. The molecule has 9 heteroatoms. The highest BCUT2D eigenvalue weighted by Gasteiger charge is 2.13. The van der Waals surface area contributed by atoms with Crippen molar-refractivity contribution in [1.82, 2.24) is 10.4 Å². The number of anilines is 1. The highest BCUT2D eigenvalue weighted by atomic mass is 32.1. The van der Waals surface area contributed by atoms with Crippen molar-refractivity contribution in [3.05, 3.63) is 47.5 Å². The molecule has 1 heterocycles. The molecule has 1 amide bonds. The summed E-state index contributed by atoms with van der Waals surface area (Å²) >= 11 is 1.01. The molecule has 0 aliphatic heterocycles. The summed E-state index contributed by atoms with van der Waals surface area (Å²) in [7, 11) is 2.96. The Bertz CT molecular complexity index is 946. The highest BCUT2D eigenvalue weighted by Crippen LogP contribution is 2.29. The fourth-order valence-electron chi connectivity index (χ4n) is 2.17. The van der Waals surface area contributed by atoms with Gasteiger partial charge in [-0.2, -0.15) is 0 Å². The first kappa shape index (κ1) is 16.9. The fourth-order valence-corrected chi connectivity index (χ4v) is 3.03. The molecule has 0 atom stereocenters. The standard InChI is InChI=1S/C16H13F2N3O3S/c1-23-11-4-3-8(5-12(11)24-2)15(22)20-21-16-19-14-10(18)6-9(17)7-13(14)25-16/h3-7H,1-2H3,(H,19,21)(H,20,22). The summed E-state index contributed by atoms with van der Waals surface area (Å²) in [6.45, 7) is 0. The van der Waals surface area contributed by atoms with Crippen LogP contribution < -0.4 is 20.3 Å². The molecule has 6 nitrogen and oxygen atoms in total. The van der Waals surface area contributed by atoms with Crippen LogP contribution in [0.2, 0.25) is 0 Å². The number of aromatic nitrogens is 1. The zero-order chi connectivity index (χ0) is 18.0. The first-order valence-electron chi connectivity index (χ1n) is 7.06. The second-order valence-electron chi connectivity index (χ2n) is 4.90. The van der Waals surface area contributed by atoms with E-state index in [0.717, 1.165) is 17.4 Å². The Morgan fingerprint density at radius 1 is 1.12 bits per heavy atom. The normalized spacial score (nSPS) is 10.6. The zero-order valence-corrected chi connectivity index (χ0v) is 14.0. The molecule has 0 bridgehead atoms. The number of halogens is 2. The molecule has 25 heavy (non-hydrogen) atoms. The van der Waals surface area contributed by atoms with Gasteiger partial charge in [0.15, 0.2) is 17.3 Å². The third-order valence-electron chi connectivity index (χ3n) is 3.34. The monoisotopic (exact) mass is 365 g/mol. The Balaban J connectivity index is 1.75. The van der Waals surface area contributed by atoms with Gasteiger partial charge in [0.2, 0.25) is 5.13 Å². The molecule has 2 N–H and O–H groups in total. The molecule has 0 aliphatic carbocycles. The van der Waals surface area contributed by atoms with Gasteiger partial charge in [-0.15, -0.1) is 0 Å². The van der Waals surface area contributed by atoms with E-state index in [2.05, 4.69) is 15.8 Å². The number of carbonyl (C=O) groups excluding carboxylic acids is 1. The van der Waals surface area contributed by atoms with Crippen LogP contribution in [0, 0.1) is 11.6 Å². The van der Waals surface area contributed by atoms with Gasteiger partial charge in [0.05, 0.1) is 18.9 Å². The molecule has 3 rings (SSSR count). The summed E-state index contributed by atoms with van der Waals surface area (Å²) in [6.07, 6.45) is 0. The maximum atomic E-state index is 13.6. The van der Waals surface area contributed by atoms with Crippen LogP contribution in [0.1, 0.15) is 10.4 Å². The van der Waals surface area contributed by atoms with Crippen molar-refractivity contribution in [2.75, 3.05) is 19.6 Å². The van der Waals surface area contributed by atoms with Gasteiger partial charge in [0.25, 0.3) is 5.91 Å². The van der Waals surface area contributed by atoms with Crippen LogP contribution in [0.5, 0.6) is 11.5 Å². The average Bonchev–Trinajstić information content (AvgIpc) is 3.02. The lowest BCUT2D eigenvalue weighted by Crippen LogP contribution is -2.29. The van der Waals surface area contributed by atoms with Gasteiger partial charge < -0.3 is 9.47 Å². The number of hydrogen-bond acceptors (Lipinski definition) is 6. The number of ether oxygens (including phenoxy) is 2. The Hall–Kier alpha value is -2.94. The van der Waals surface area contributed by atoms with Crippen molar-refractivity contribution in [2.24, 2.45) is 0 Å². The van der Waals surface area contributed by atoms with E-state index in [1.807, 2.05) is 0 Å². The van der Waals surface area contributed by atoms with Crippen LogP contribution in [0.25, 0.3) is 10.2 Å². The molecule has 0 unspecified atom stereocenters. The van der Waals surface area contributed by atoms with Crippen LogP contribution in [-0.4, -0.2) is 25.1 Å². The van der Waals surface area contributed by atoms with E-state index >= 15 is 0 Å². The number of benzene rings is 2. The summed E-state index contributed by atoms with van der Waals surface area (Å²) in [5, 5.41) is 0.230. The molecule has 0 spiro atoms. The fraction of sp³-hybridized carbons (Fsp3) is 0.125. The summed E-state index contributed by atoms with van der Waals surface area (Å²) < 4.78 is 37.4. The number of fused-ring (bicyclic) bond motifs is 1. The number of hydrogen-bond donors (Lipinski definition) is 2. The lowest BCUT2D eigenvalue weighted by molar-refractivity contribution is 0.0962. The minimum absolute atomic E-state index is 0.0364. The summed E-state index contributed by atoms with van der Waals surface area (Å²) in [4.78, 5) is 16.2. The number of methoxy groups -OCH3 is 2. The third-order valence-corrected chi connectivity index (χ3v) is 4.26. The maximum Gasteiger partial charge on any atom is 0.269 e. The summed E-state index contributed by atoms with van der Waals surface area (Å²) in [5.74, 6) is -0.990. The molecule has 0 saturated carbocycles. The van der Waals surface area contributed by atoms with Gasteiger partial charge >= 0.3 is 0 Å². The van der Waals surface area contributed by atoms with Crippen LogP contribution in [0.4, 0.5) is 13.9 Å². The van der Waals surface area contributed by atoms with E-state index in [1.54, 1.807) is 12.1 Å². The Kier molecular flexibility index (Phi) is 4.66. The SMILES string of the molecule is COc1ccc(C(=O)NNc2nc3c(F)cc(F)cc3s2)cc1OC. The van der Waals surface area contributed by atoms with Gasteiger partial charge in [-0.05, 0) is 24.3 Å². The molecule has 0 saturated heterocycles. The van der Waals surface area contributed by atoms with Gasteiger partial charge in [-0.25, -0.2) is 13.8 Å². The number of carbonyl (C=O) groups is 1. The minimum atomic E-state index is -0.759. The Labute approximate surface area is 145 Å². The topological polar surface area (TPSA) is 72.5 Å². The summed E-state index contributed by atoms with van der Waals surface area (Å²) in [5.41, 5.74) is 5.40. The first-order valence-corrected chi connectivity index (χ1v) is 7.87. The lowest BCUT2D eigenvalue weighted by atomic mass is 10.2. The van der Waals surface area contributed by atoms with Crippen molar-refractivity contribution < 1.29 is 23.0 Å². The van der Waals surface area contributed by atoms with E-state index in [1.165, 1.54) is 26.4 Å². The molecule has 3 aromatic rings. The van der Waals surface area contributed by atoms with Crippen LogP contribution in [-0.2, 0) is 0 Å². The molecule has 130 valence electrons. The van der Waals surface area contributed by atoms with Crippen molar-refractivity contribution in [1.29, 1.82) is 0 Å². The molecule has 2 aromatic carbocycles. The maximum absolute atomic E-state index is 13.6. The molecular formula is C16H13F2N3O3S. The number of thiazole rings is 1. The van der Waals surface area contributed by atoms with E-state index in [9.17, 15) is 13.6 Å². The second-order valence-corrected chi connectivity index (χ2v) is 5.93. The van der Waals surface area contributed by atoms with E-state index in [0.29, 0.717) is 21.8 Å². The average molecular weight is 365 g/mol. The molecular weight excluding hydrogens is 352 g/mol. The van der Waals surface area contributed by atoms with Gasteiger partial charge in [-0.3, -0.25) is 15.6 Å². The van der Waals surface area contributed by atoms with Crippen LogP contribution in [0.15, 0.2) is 30.3 Å². The van der Waals surface area contributed by atoms with Crippen LogP contribution >= 0.6 is 11.3 Å². The van der Waals surface area contributed by atoms with Crippen LogP contribution in [0.3, 0.4) is 0 Å². The van der Waals surface area contributed by atoms with Crippen molar-refractivity contribution in [3.63, 3.8) is 0 Å². The van der Waals surface area contributed by atoms with Gasteiger partial charge in [0.1, 0.15) is 11.3 Å². The van der Waals surface area contributed by atoms with E-state index in [-0.39, 0.29) is 10.6 Å². The van der Waals surface area contributed by atoms with Gasteiger partial charge in [-0.1, -0.05) is 11.3 Å². The quantitative estimate of drug-likeness (QED) is 0.679. The van der Waals surface area contributed by atoms with Gasteiger partial charge in [0, 0.05) is 11.6 Å². The number of nitrogens with zero attached hydrogens (tertiary/aromatic N) is 1. The number of amides is 1. The number of rotatable bonds is 5. The lowest BCUT2D eigenvalue weighted by Gasteiger charge is -2.10. The first-order chi connectivity index (χ1) is 12.0. The number of nitrogens with one attached hydrogen (secondary N) is 2. The van der Waals surface area contributed by atoms with Crippen molar-refractivity contribution in [2.45, 2.75) is 0 Å². The van der Waals surface area contributed by atoms with E-state index in [4.69, 9.17) is 9.47 Å². The summed E-state index contributed by atoms with van der Waals surface area (Å²) in [6, 6.07) is 6.62. The predicted octanol–water partition coefficient (Wildman–Crippen LogP) is 3.35. The molecule has 1 aromatic heterocycles. The largest absolute Gasteiger partial charge is 0.493 e. The van der Waals surface area contributed by atoms with E-state index < -0.39 is 17.5 Å². The zero-order valence-electron chi connectivity index (χ0n) is 13.2. The molecule has 0 aliphatic rings. The van der Waals surface area contributed by atoms with Crippen molar-refractivity contribution in [3.8, 4) is 11.5 Å². The predicted molar refractivity (Wildman–Crippen MR) is 90.2 cm³/mol. The Morgan fingerprint density at radius 2 is 1.88 bits per heavy atom. The Morgan fingerprint density at radius 3 is 2.60 bits per heavy atom.